The molecule has 0 saturated heterocycles. The maximum Gasteiger partial charge on any atom is 0.129 e. The van der Waals surface area contributed by atoms with Crippen molar-refractivity contribution >= 4 is 0 Å². The molecule has 3 heteroatoms. The van der Waals surface area contributed by atoms with Gasteiger partial charge < -0.3 is 5.32 Å². The average Bonchev–Trinajstić information content (AvgIpc) is 2.57. The van der Waals surface area contributed by atoms with Gasteiger partial charge in [0.05, 0.1) is 0 Å². The molecular formula is C20H29F2N. The molecule has 0 unspecified atom stereocenters. The van der Waals surface area contributed by atoms with Gasteiger partial charge in [0.25, 0.3) is 0 Å². The van der Waals surface area contributed by atoms with Crippen LogP contribution in [0.4, 0.5) is 8.78 Å². The normalized spacial score (nSPS) is 26.3. The topological polar surface area (TPSA) is 12.0 Å². The minimum absolute atomic E-state index is 0.276. The van der Waals surface area contributed by atoms with Gasteiger partial charge in [-0.1, -0.05) is 25.3 Å². The van der Waals surface area contributed by atoms with Crippen LogP contribution in [0, 0.1) is 17.6 Å². The fourth-order valence-electron chi connectivity index (χ4n) is 4.39. The Kier molecular flexibility index (Phi) is 6.04. The first-order valence-corrected chi connectivity index (χ1v) is 9.40. The zero-order valence-electron chi connectivity index (χ0n) is 14.0. The van der Waals surface area contributed by atoms with Crippen LogP contribution in [0.3, 0.4) is 0 Å². The summed E-state index contributed by atoms with van der Waals surface area (Å²) >= 11 is 0. The second kappa shape index (κ2) is 8.23. The van der Waals surface area contributed by atoms with E-state index in [1.807, 2.05) is 0 Å². The van der Waals surface area contributed by atoms with E-state index >= 15 is 0 Å². The van der Waals surface area contributed by atoms with Crippen molar-refractivity contribution in [3.8, 4) is 0 Å². The quantitative estimate of drug-likeness (QED) is 0.749. The summed E-state index contributed by atoms with van der Waals surface area (Å²) in [6, 6.07) is 4.79. The van der Waals surface area contributed by atoms with Crippen LogP contribution >= 0.6 is 0 Å². The maximum absolute atomic E-state index is 13.9. The van der Waals surface area contributed by atoms with E-state index in [9.17, 15) is 8.78 Å². The van der Waals surface area contributed by atoms with Gasteiger partial charge in [0, 0.05) is 12.1 Å². The van der Waals surface area contributed by atoms with Crippen molar-refractivity contribution in [2.24, 2.45) is 5.92 Å². The fourth-order valence-corrected chi connectivity index (χ4v) is 4.39. The van der Waals surface area contributed by atoms with Gasteiger partial charge in [-0.15, -0.1) is 0 Å². The van der Waals surface area contributed by atoms with Gasteiger partial charge in [-0.25, -0.2) is 8.78 Å². The van der Waals surface area contributed by atoms with Crippen molar-refractivity contribution in [1.82, 2.24) is 5.32 Å². The maximum atomic E-state index is 13.9. The molecule has 23 heavy (non-hydrogen) atoms. The molecule has 0 aliphatic heterocycles. The summed E-state index contributed by atoms with van der Waals surface area (Å²) in [6.45, 7) is 1.13. The first kappa shape index (κ1) is 16.9. The molecule has 1 N–H and O–H groups in total. The van der Waals surface area contributed by atoms with Crippen LogP contribution in [0.15, 0.2) is 18.2 Å². The summed E-state index contributed by atoms with van der Waals surface area (Å²) in [5.41, 5.74) is 0.713. The largest absolute Gasteiger partial charge is 0.314 e. The van der Waals surface area contributed by atoms with E-state index in [-0.39, 0.29) is 11.7 Å². The molecule has 0 bridgehead atoms. The van der Waals surface area contributed by atoms with Gasteiger partial charge in [0.2, 0.25) is 0 Å². The van der Waals surface area contributed by atoms with Crippen molar-refractivity contribution in [3.05, 3.63) is 35.4 Å². The predicted molar refractivity (Wildman–Crippen MR) is 90.5 cm³/mol. The van der Waals surface area contributed by atoms with E-state index in [2.05, 4.69) is 5.32 Å². The third-order valence-electron chi connectivity index (χ3n) is 5.84. The number of hydrogen-bond acceptors (Lipinski definition) is 1. The average molecular weight is 321 g/mol. The number of halogens is 2. The second-order valence-electron chi connectivity index (χ2n) is 7.46. The van der Waals surface area contributed by atoms with E-state index in [0.29, 0.717) is 5.56 Å². The molecule has 1 aromatic rings. The lowest BCUT2D eigenvalue weighted by Gasteiger charge is -2.30. The van der Waals surface area contributed by atoms with Crippen LogP contribution in [0.25, 0.3) is 0 Å². The molecule has 2 aliphatic rings. The molecule has 0 aromatic heterocycles. The van der Waals surface area contributed by atoms with Crippen LogP contribution in [0.5, 0.6) is 0 Å². The summed E-state index contributed by atoms with van der Waals surface area (Å²) in [5, 5.41) is 3.73. The van der Waals surface area contributed by atoms with Crippen LogP contribution in [-0.2, 0) is 0 Å². The molecular weight excluding hydrogens is 292 g/mol. The van der Waals surface area contributed by atoms with Gasteiger partial charge in [0.1, 0.15) is 11.6 Å². The van der Waals surface area contributed by atoms with Crippen LogP contribution in [-0.4, -0.2) is 12.6 Å². The molecule has 0 spiro atoms. The van der Waals surface area contributed by atoms with E-state index < -0.39 is 5.82 Å². The van der Waals surface area contributed by atoms with Crippen LogP contribution < -0.4 is 5.32 Å². The molecule has 0 amide bonds. The highest BCUT2D eigenvalue weighted by atomic mass is 19.1. The molecule has 2 aliphatic carbocycles. The van der Waals surface area contributed by atoms with E-state index in [0.717, 1.165) is 37.4 Å². The summed E-state index contributed by atoms with van der Waals surface area (Å²) in [5.74, 6) is 0.199. The van der Waals surface area contributed by atoms with Crippen molar-refractivity contribution in [3.63, 3.8) is 0 Å². The van der Waals surface area contributed by atoms with E-state index in [4.69, 9.17) is 0 Å². The Labute approximate surface area is 138 Å². The minimum Gasteiger partial charge on any atom is -0.314 e. The minimum atomic E-state index is -0.478. The lowest BCUT2D eigenvalue weighted by molar-refractivity contribution is 0.290. The molecule has 0 heterocycles. The first-order valence-electron chi connectivity index (χ1n) is 9.40. The Bertz CT molecular complexity index is 488. The summed E-state index contributed by atoms with van der Waals surface area (Å²) in [7, 11) is 0. The molecule has 2 saturated carbocycles. The van der Waals surface area contributed by atoms with Crippen molar-refractivity contribution in [2.45, 2.75) is 76.2 Å². The third-order valence-corrected chi connectivity index (χ3v) is 5.84. The number of benzene rings is 1. The summed E-state index contributed by atoms with van der Waals surface area (Å²) in [4.78, 5) is 0. The number of nitrogens with one attached hydrogen (secondary N) is 1. The van der Waals surface area contributed by atoms with Gasteiger partial charge in [-0.05, 0) is 75.0 Å². The highest BCUT2D eigenvalue weighted by Gasteiger charge is 2.24. The number of hydrogen-bond donors (Lipinski definition) is 1. The predicted octanol–water partition coefficient (Wildman–Crippen LogP) is 5.55. The lowest BCUT2D eigenvalue weighted by Crippen LogP contribution is -2.32. The Morgan fingerprint density at radius 2 is 1.65 bits per heavy atom. The van der Waals surface area contributed by atoms with Crippen molar-refractivity contribution in [1.29, 1.82) is 0 Å². The smallest absolute Gasteiger partial charge is 0.129 e. The highest BCUT2D eigenvalue weighted by Crippen LogP contribution is 2.38. The molecule has 0 radical (unpaired) electrons. The summed E-state index contributed by atoms with van der Waals surface area (Å²) in [6.07, 6.45) is 12.5. The lowest BCUT2D eigenvalue weighted by atomic mass is 9.77. The Morgan fingerprint density at radius 3 is 2.35 bits per heavy atom. The zero-order valence-corrected chi connectivity index (χ0v) is 14.0. The molecule has 1 aromatic carbocycles. The molecule has 1 nitrogen and oxygen atoms in total. The van der Waals surface area contributed by atoms with Gasteiger partial charge in [0.15, 0.2) is 0 Å². The standard InChI is InChI=1S/C20H29F2N/c21-17-10-11-19(20(22)14-17)16-8-6-15(7-9-16)12-13-23-18-4-2-1-3-5-18/h10-11,14-16,18,23H,1-9,12-13H2. The van der Waals surface area contributed by atoms with Crippen molar-refractivity contribution < 1.29 is 8.78 Å². The summed E-state index contributed by atoms with van der Waals surface area (Å²) < 4.78 is 26.9. The Hall–Kier alpha value is -0.960. The fraction of sp³-hybridized carbons (Fsp3) is 0.700. The monoisotopic (exact) mass is 321 g/mol. The molecule has 128 valence electrons. The number of rotatable bonds is 5. The van der Waals surface area contributed by atoms with Crippen LogP contribution in [0.1, 0.15) is 75.7 Å². The van der Waals surface area contributed by atoms with Gasteiger partial charge in [-0.3, -0.25) is 0 Å². The molecule has 3 rings (SSSR count). The molecule has 2 fully saturated rings. The second-order valence-corrected chi connectivity index (χ2v) is 7.46. The highest BCUT2D eigenvalue weighted by molar-refractivity contribution is 5.23. The van der Waals surface area contributed by atoms with E-state index in [1.165, 1.54) is 57.4 Å². The van der Waals surface area contributed by atoms with Crippen LogP contribution in [0.2, 0.25) is 0 Å². The Balaban J connectivity index is 1.39. The Morgan fingerprint density at radius 1 is 0.913 bits per heavy atom. The van der Waals surface area contributed by atoms with E-state index in [1.54, 1.807) is 6.07 Å². The van der Waals surface area contributed by atoms with Gasteiger partial charge in [-0.2, -0.15) is 0 Å². The molecule has 0 atom stereocenters. The first-order chi connectivity index (χ1) is 11.2. The SMILES string of the molecule is Fc1ccc(C2CCC(CCNC3CCCCC3)CC2)c(F)c1. The van der Waals surface area contributed by atoms with Crippen molar-refractivity contribution in [2.75, 3.05) is 6.54 Å². The zero-order chi connectivity index (χ0) is 16.1. The third kappa shape index (κ3) is 4.76. The van der Waals surface area contributed by atoms with Gasteiger partial charge >= 0.3 is 0 Å².